The summed E-state index contributed by atoms with van der Waals surface area (Å²) in [6.07, 6.45) is 0.959. The van der Waals surface area contributed by atoms with Crippen LogP contribution in [0.25, 0.3) is 0 Å². The van der Waals surface area contributed by atoms with E-state index < -0.39 is 17.6 Å². The van der Waals surface area contributed by atoms with Crippen molar-refractivity contribution in [2.75, 3.05) is 5.32 Å². The molecular weight excluding hydrogens is 346 g/mol. The van der Waals surface area contributed by atoms with Gasteiger partial charge in [-0.05, 0) is 73.6 Å². The van der Waals surface area contributed by atoms with Crippen LogP contribution in [0.2, 0.25) is 0 Å². The second-order valence-corrected chi connectivity index (χ2v) is 6.41. The molecule has 0 amide bonds. The fraction of sp³-hybridized carbons (Fsp3) is 0.316. The average Bonchev–Trinajstić information content (AvgIpc) is 2.56. The van der Waals surface area contributed by atoms with Crippen LogP contribution < -0.4 is 11.1 Å². The summed E-state index contributed by atoms with van der Waals surface area (Å²) >= 11 is 0. The maximum Gasteiger partial charge on any atom is 0.416 e. The molecular formula is C19H19F4N3. The molecule has 3 N–H and O–H groups in total. The van der Waals surface area contributed by atoms with Gasteiger partial charge in [-0.1, -0.05) is 0 Å². The Morgan fingerprint density at radius 2 is 1.81 bits per heavy atom. The third-order valence-corrected chi connectivity index (χ3v) is 4.31. The van der Waals surface area contributed by atoms with Gasteiger partial charge in [0.25, 0.3) is 0 Å². The summed E-state index contributed by atoms with van der Waals surface area (Å²) in [5.41, 5.74) is 7.75. The van der Waals surface area contributed by atoms with Gasteiger partial charge in [0.2, 0.25) is 0 Å². The first kappa shape index (κ1) is 18.2. The van der Waals surface area contributed by atoms with Crippen LogP contribution in [0.1, 0.15) is 42.4 Å². The molecule has 1 aromatic heterocycles. The van der Waals surface area contributed by atoms with Crippen molar-refractivity contribution in [2.24, 2.45) is 5.73 Å². The van der Waals surface area contributed by atoms with Gasteiger partial charge in [0.05, 0.1) is 5.56 Å². The SMILES string of the molecule is NC1=C(Nc2cc(Cc3cc(F)cc(C(F)(F)F)c3)ccn2)CCCC1. The molecule has 138 valence electrons. The number of alkyl halides is 3. The van der Waals surface area contributed by atoms with E-state index in [2.05, 4.69) is 10.3 Å². The third kappa shape index (κ3) is 4.53. The van der Waals surface area contributed by atoms with Crippen LogP contribution in [0.4, 0.5) is 23.4 Å². The zero-order valence-corrected chi connectivity index (χ0v) is 14.0. The molecule has 0 fully saturated rings. The van der Waals surface area contributed by atoms with Crippen LogP contribution in [0, 0.1) is 5.82 Å². The number of nitrogens with one attached hydrogen (secondary N) is 1. The quantitative estimate of drug-likeness (QED) is 0.751. The first-order chi connectivity index (χ1) is 12.3. The summed E-state index contributed by atoms with van der Waals surface area (Å²) in [6.45, 7) is 0. The summed E-state index contributed by atoms with van der Waals surface area (Å²) in [7, 11) is 0. The summed E-state index contributed by atoms with van der Waals surface area (Å²) in [5, 5.41) is 3.19. The molecule has 0 saturated heterocycles. The molecule has 0 spiro atoms. The number of rotatable bonds is 4. The number of nitrogens with two attached hydrogens (primary N) is 1. The molecule has 0 radical (unpaired) electrons. The molecule has 0 bridgehead atoms. The summed E-state index contributed by atoms with van der Waals surface area (Å²) in [5.74, 6) is -0.322. The minimum absolute atomic E-state index is 0.173. The highest BCUT2D eigenvalue weighted by atomic mass is 19.4. The van der Waals surface area contributed by atoms with E-state index in [1.165, 1.54) is 0 Å². The van der Waals surface area contributed by atoms with E-state index in [1.54, 1.807) is 18.3 Å². The number of hydrogen-bond acceptors (Lipinski definition) is 3. The molecule has 0 atom stereocenters. The minimum atomic E-state index is -4.58. The van der Waals surface area contributed by atoms with Crippen molar-refractivity contribution in [1.29, 1.82) is 0 Å². The summed E-state index contributed by atoms with van der Waals surface area (Å²) in [4.78, 5) is 4.23. The Morgan fingerprint density at radius 3 is 2.54 bits per heavy atom. The number of aromatic nitrogens is 1. The lowest BCUT2D eigenvalue weighted by Crippen LogP contribution is -2.14. The molecule has 3 nitrogen and oxygen atoms in total. The van der Waals surface area contributed by atoms with Crippen LogP contribution in [0.3, 0.4) is 0 Å². The molecule has 1 aliphatic rings. The molecule has 0 saturated carbocycles. The van der Waals surface area contributed by atoms with Crippen LogP contribution in [0.5, 0.6) is 0 Å². The van der Waals surface area contributed by atoms with Crippen molar-refractivity contribution in [3.8, 4) is 0 Å². The topological polar surface area (TPSA) is 50.9 Å². The predicted octanol–water partition coefficient (Wildman–Crippen LogP) is 4.99. The van der Waals surface area contributed by atoms with Crippen molar-refractivity contribution in [2.45, 2.75) is 38.3 Å². The Kier molecular flexibility index (Phi) is 5.15. The Bertz CT molecular complexity index is 828. The molecule has 7 heteroatoms. The number of hydrogen-bond donors (Lipinski definition) is 2. The van der Waals surface area contributed by atoms with Crippen molar-refractivity contribution in [1.82, 2.24) is 4.98 Å². The van der Waals surface area contributed by atoms with Gasteiger partial charge in [-0.15, -0.1) is 0 Å². The van der Waals surface area contributed by atoms with Gasteiger partial charge in [-0.2, -0.15) is 13.2 Å². The molecule has 0 aliphatic heterocycles. The smallest absolute Gasteiger partial charge is 0.401 e. The highest BCUT2D eigenvalue weighted by Crippen LogP contribution is 2.31. The highest BCUT2D eigenvalue weighted by molar-refractivity contribution is 5.46. The van der Waals surface area contributed by atoms with E-state index in [0.29, 0.717) is 11.9 Å². The zero-order valence-electron chi connectivity index (χ0n) is 14.0. The van der Waals surface area contributed by atoms with Crippen molar-refractivity contribution < 1.29 is 17.6 Å². The molecule has 2 aromatic rings. The van der Waals surface area contributed by atoms with E-state index >= 15 is 0 Å². The van der Waals surface area contributed by atoms with Crippen molar-refractivity contribution >= 4 is 5.82 Å². The number of benzene rings is 1. The maximum absolute atomic E-state index is 13.5. The van der Waals surface area contributed by atoms with Gasteiger partial charge in [-0.25, -0.2) is 9.37 Å². The Morgan fingerprint density at radius 1 is 1.04 bits per heavy atom. The Hall–Kier alpha value is -2.57. The predicted molar refractivity (Wildman–Crippen MR) is 91.7 cm³/mol. The number of halogens is 4. The number of nitrogens with zero attached hydrogens (tertiary/aromatic N) is 1. The van der Waals surface area contributed by atoms with E-state index in [9.17, 15) is 17.6 Å². The number of pyridine rings is 1. The first-order valence-electron chi connectivity index (χ1n) is 8.37. The largest absolute Gasteiger partial charge is 0.416 e. The lowest BCUT2D eigenvalue weighted by molar-refractivity contribution is -0.137. The van der Waals surface area contributed by atoms with Crippen LogP contribution in [0.15, 0.2) is 47.9 Å². The molecule has 3 rings (SSSR count). The van der Waals surface area contributed by atoms with E-state index in [4.69, 9.17) is 5.73 Å². The van der Waals surface area contributed by atoms with Gasteiger partial charge in [0.1, 0.15) is 11.6 Å². The third-order valence-electron chi connectivity index (χ3n) is 4.31. The lowest BCUT2D eigenvalue weighted by Gasteiger charge is -2.18. The van der Waals surface area contributed by atoms with E-state index in [0.717, 1.165) is 54.8 Å². The van der Waals surface area contributed by atoms with E-state index in [1.807, 2.05) is 0 Å². The minimum Gasteiger partial charge on any atom is -0.401 e. The molecule has 26 heavy (non-hydrogen) atoms. The molecule has 1 aliphatic carbocycles. The second-order valence-electron chi connectivity index (χ2n) is 6.41. The highest BCUT2D eigenvalue weighted by Gasteiger charge is 2.31. The van der Waals surface area contributed by atoms with Gasteiger partial charge in [-0.3, -0.25) is 0 Å². The number of allylic oxidation sites excluding steroid dienone is 2. The standard InChI is InChI=1S/C19H19F4N3/c20-15-9-13(8-14(11-15)19(21,22)23)7-12-5-6-25-18(10-12)26-17-4-2-1-3-16(17)24/h5-6,8-11H,1-4,7,24H2,(H,25,26). The van der Waals surface area contributed by atoms with Crippen molar-refractivity contribution in [3.63, 3.8) is 0 Å². The van der Waals surface area contributed by atoms with Crippen LogP contribution in [-0.4, -0.2) is 4.98 Å². The fourth-order valence-corrected chi connectivity index (χ4v) is 3.03. The monoisotopic (exact) mass is 365 g/mol. The average molecular weight is 365 g/mol. The van der Waals surface area contributed by atoms with Crippen LogP contribution in [-0.2, 0) is 12.6 Å². The molecule has 1 aromatic carbocycles. The second kappa shape index (κ2) is 7.35. The van der Waals surface area contributed by atoms with Gasteiger partial charge >= 0.3 is 6.18 Å². The normalized spacial score (nSPS) is 15.2. The van der Waals surface area contributed by atoms with E-state index in [-0.39, 0.29) is 12.0 Å². The van der Waals surface area contributed by atoms with Crippen molar-refractivity contribution in [3.05, 3.63) is 70.4 Å². The van der Waals surface area contributed by atoms with Gasteiger partial charge in [0, 0.05) is 17.6 Å². The summed E-state index contributed by atoms with van der Waals surface area (Å²) in [6, 6.07) is 6.03. The Labute approximate surface area is 148 Å². The van der Waals surface area contributed by atoms with Gasteiger partial charge < -0.3 is 11.1 Å². The number of anilines is 1. The first-order valence-corrected chi connectivity index (χ1v) is 8.37. The van der Waals surface area contributed by atoms with Crippen LogP contribution >= 0.6 is 0 Å². The van der Waals surface area contributed by atoms with Gasteiger partial charge in [0.15, 0.2) is 0 Å². The lowest BCUT2D eigenvalue weighted by atomic mass is 10.0. The maximum atomic E-state index is 13.5. The zero-order chi connectivity index (χ0) is 18.7. The molecule has 1 heterocycles. The fourth-order valence-electron chi connectivity index (χ4n) is 3.03. The summed E-state index contributed by atoms with van der Waals surface area (Å²) < 4.78 is 52.1. The molecule has 0 unspecified atom stereocenters. The Balaban J connectivity index is 1.80.